The second-order valence-electron chi connectivity index (χ2n) is 6.29. The second-order valence-corrected chi connectivity index (χ2v) is 7.83. The minimum Gasteiger partial charge on any atom is -0.497 e. The van der Waals surface area contributed by atoms with E-state index in [9.17, 15) is 23.3 Å². The van der Waals surface area contributed by atoms with Gasteiger partial charge < -0.3 is 8.92 Å². The summed E-state index contributed by atoms with van der Waals surface area (Å²) in [5, 5.41) is 14.7. The first-order valence-corrected chi connectivity index (χ1v) is 10.5. The van der Waals surface area contributed by atoms with Crippen molar-refractivity contribution in [2.24, 2.45) is 5.10 Å². The predicted molar refractivity (Wildman–Crippen MR) is 115 cm³/mol. The maximum Gasteiger partial charge on any atom is 0.339 e. The zero-order valence-electron chi connectivity index (χ0n) is 16.7. The van der Waals surface area contributed by atoms with Crippen LogP contribution in [-0.4, -0.2) is 32.6 Å². The average Bonchev–Trinajstić information content (AvgIpc) is 2.80. The number of rotatable bonds is 8. The molecule has 11 heteroatoms. The van der Waals surface area contributed by atoms with Crippen LogP contribution in [-0.2, 0) is 10.1 Å². The second kappa shape index (κ2) is 9.71. The van der Waals surface area contributed by atoms with Gasteiger partial charge in [-0.15, -0.1) is 0 Å². The van der Waals surface area contributed by atoms with E-state index in [0.29, 0.717) is 16.9 Å². The molecule has 0 unspecified atom stereocenters. The average molecular weight is 455 g/mol. The van der Waals surface area contributed by atoms with E-state index >= 15 is 0 Å². The van der Waals surface area contributed by atoms with Crippen LogP contribution in [0.1, 0.15) is 15.9 Å². The molecule has 0 bridgehead atoms. The highest BCUT2D eigenvalue weighted by Crippen LogP contribution is 2.22. The zero-order valence-corrected chi connectivity index (χ0v) is 17.5. The molecule has 164 valence electrons. The summed E-state index contributed by atoms with van der Waals surface area (Å²) in [4.78, 5) is 21.9. The maximum atomic E-state index is 12.4. The summed E-state index contributed by atoms with van der Waals surface area (Å²) in [5.41, 5.74) is 2.99. The number of carbonyl (C=O) groups excluding carboxylic acids is 1. The fraction of sp³-hybridized carbons (Fsp3) is 0.0476. The fourth-order valence-corrected chi connectivity index (χ4v) is 3.48. The number of ether oxygens (including phenoxy) is 1. The molecule has 0 saturated heterocycles. The van der Waals surface area contributed by atoms with Gasteiger partial charge in [-0.2, -0.15) is 13.5 Å². The summed E-state index contributed by atoms with van der Waals surface area (Å²) in [6.07, 6.45) is 1.38. The van der Waals surface area contributed by atoms with Gasteiger partial charge in [0.25, 0.3) is 11.6 Å². The van der Waals surface area contributed by atoms with E-state index < -0.39 is 20.9 Å². The number of nitro benzene ring substituents is 1. The topological polar surface area (TPSA) is 137 Å². The highest BCUT2D eigenvalue weighted by Gasteiger charge is 2.19. The molecule has 0 aliphatic rings. The van der Waals surface area contributed by atoms with Crippen LogP contribution in [0.15, 0.2) is 82.8 Å². The van der Waals surface area contributed by atoms with E-state index in [-0.39, 0.29) is 16.3 Å². The van der Waals surface area contributed by atoms with Gasteiger partial charge in [0.15, 0.2) is 0 Å². The van der Waals surface area contributed by atoms with Crippen LogP contribution in [0, 0.1) is 10.1 Å². The Hall–Kier alpha value is -4.25. The molecule has 3 rings (SSSR count). The standard InChI is InChI=1S/C21H17N3O7S/c1-30-18-11-7-16(8-12-18)21(25)23-22-14-15-5-9-19(10-6-15)31-32(28,29)20-4-2-3-17(13-20)24(26)27/h2-14H,1H3,(H,23,25)/b22-14-. The number of methoxy groups -OCH3 is 1. The zero-order chi connectivity index (χ0) is 23.1. The van der Waals surface area contributed by atoms with Gasteiger partial charge in [-0.1, -0.05) is 6.07 Å². The van der Waals surface area contributed by atoms with Crippen molar-refractivity contribution in [3.63, 3.8) is 0 Å². The molecular weight excluding hydrogens is 438 g/mol. The molecule has 32 heavy (non-hydrogen) atoms. The van der Waals surface area contributed by atoms with Crippen molar-refractivity contribution in [2.75, 3.05) is 7.11 Å². The Balaban J connectivity index is 1.62. The third kappa shape index (κ3) is 5.67. The van der Waals surface area contributed by atoms with Crippen molar-refractivity contribution in [3.05, 3.63) is 94.0 Å². The summed E-state index contributed by atoms with van der Waals surface area (Å²) in [6.45, 7) is 0. The van der Waals surface area contributed by atoms with Gasteiger partial charge in [0.1, 0.15) is 16.4 Å². The van der Waals surface area contributed by atoms with Gasteiger partial charge in [-0.3, -0.25) is 14.9 Å². The molecule has 1 amide bonds. The largest absolute Gasteiger partial charge is 0.497 e. The van der Waals surface area contributed by atoms with E-state index in [1.807, 2.05) is 0 Å². The molecule has 0 aliphatic heterocycles. The van der Waals surface area contributed by atoms with Gasteiger partial charge in [0.2, 0.25) is 0 Å². The van der Waals surface area contributed by atoms with Crippen molar-refractivity contribution < 1.29 is 27.1 Å². The molecule has 0 fully saturated rings. The van der Waals surface area contributed by atoms with Gasteiger partial charge in [-0.25, -0.2) is 5.43 Å². The number of hydrogen-bond donors (Lipinski definition) is 1. The predicted octanol–water partition coefficient (Wildman–Crippen LogP) is 3.14. The Bertz CT molecular complexity index is 1260. The third-order valence-corrected chi connectivity index (χ3v) is 5.38. The SMILES string of the molecule is COc1ccc(C(=O)N/N=C\c2ccc(OS(=O)(=O)c3cccc([N+](=O)[O-])c3)cc2)cc1. The Kier molecular flexibility index (Phi) is 6.80. The summed E-state index contributed by atoms with van der Waals surface area (Å²) in [5.74, 6) is 0.225. The highest BCUT2D eigenvalue weighted by molar-refractivity contribution is 7.87. The smallest absolute Gasteiger partial charge is 0.339 e. The van der Waals surface area contributed by atoms with Crippen LogP contribution in [0.4, 0.5) is 5.69 Å². The van der Waals surface area contributed by atoms with Crippen molar-refractivity contribution in [3.8, 4) is 11.5 Å². The molecule has 0 saturated carbocycles. The Morgan fingerprint density at radius 2 is 1.69 bits per heavy atom. The van der Waals surface area contributed by atoms with Crippen molar-refractivity contribution >= 4 is 27.9 Å². The first-order valence-electron chi connectivity index (χ1n) is 9.05. The van der Waals surface area contributed by atoms with E-state index in [1.165, 1.54) is 55.8 Å². The molecule has 0 radical (unpaired) electrons. The van der Waals surface area contributed by atoms with Crippen molar-refractivity contribution in [2.45, 2.75) is 4.90 Å². The molecular formula is C21H17N3O7S. The number of nitrogens with zero attached hydrogens (tertiary/aromatic N) is 2. The number of nitrogens with one attached hydrogen (secondary N) is 1. The first-order chi connectivity index (χ1) is 15.3. The molecule has 1 N–H and O–H groups in total. The van der Waals surface area contributed by atoms with Crippen LogP contribution in [0.2, 0.25) is 0 Å². The summed E-state index contributed by atoms with van der Waals surface area (Å²) < 4.78 is 34.8. The van der Waals surface area contributed by atoms with Crippen LogP contribution < -0.4 is 14.3 Å². The lowest BCUT2D eigenvalue weighted by atomic mass is 10.2. The summed E-state index contributed by atoms with van der Waals surface area (Å²) in [6, 6.07) is 16.9. The summed E-state index contributed by atoms with van der Waals surface area (Å²) >= 11 is 0. The normalized spacial score (nSPS) is 11.2. The Morgan fingerprint density at radius 1 is 1.03 bits per heavy atom. The molecule has 3 aromatic rings. The summed E-state index contributed by atoms with van der Waals surface area (Å²) in [7, 11) is -2.72. The molecule has 0 aromatic heterocycles. The monoisotopic (exact) mass is 455 g/mol. The Morgan fingerprint density at radius 3 is 2.31 bits per heavy atom. The number of carbonyl (C=O) groups is 1. The van der Waals surface area contributed by atoms with Crippen molar-refractivity contribution in [1.29, 1.82) is 0 Å². The molecule has 0 spiro atoms. The molecule has 3 aromatic carbocycles. The van der Waals surface area contributed by atoms with Crippen LogP contribution in [0.5, 0.6) is 11.5 Å². The lowest BCUT2D eigenvalue weighted by Crippen LogP contribution is -2.17. The molecule has 0 aliphatic carbocycles. The van der Waals surface area contributed by atoms with Crippen LogP contribution in [0.25, 0.3) is 0 Å². The van der Waals surface area contributed by atoms with Gasteiger partial charge >= 0.3 is 10.1 Å². The van der Waals surface area contributed by atoms with E-state index in [1.54, 1.807) is 24.3 Å². The van der Waals surface area contributed by atoms with Gasteiger partial charge in [0.05, 0.1) is 18.2 Å². The van der Waals surface area contributed by atoms with Crippen LogP contribution in [0.3, 0.4) is 0 Å². The van der Waals surface area contributed by atoms with Crippen molar-refractivity contribution in [1.82, 2.24) is 5.43 Å². The highest BCUT2D eigenvalue weighted by atomic mass is 32.2. The number of amides is 1. The third-order valence-electron chi connectivity index (χ3n) is 4.14. The van der Waals surface area contributed by atoms with Gasteiger partial charge in [-0.05, 0) is 60.2 Å². The minimum atomic E-state index is -4.25. The fourth-order valence-electron chi connectivity index (χ4n) is 2.51. The minimum absolute atomic E-state index is 0.0101. The van der Waals surface area contributed by atoms with E-state index in [0.717, 1.165) is 6.07 Å². The quantitative estimate of drug-likeness (QED) is 0.238. The maximum absolute atomic E-state index is 12.4. The number of benzene rings is 3. The van der Waals surface area contributed by atoms with E-state index in [2.05, 4.69) is 10.5 Å². The lowest BCUT2D eigenvalue weighted by molar-refractivity contribution is -0.385. The molecule has 10 nitrogen and oxygen atoms in total. The van der Waals surface area contributed by atoms with E-state index in [4.69, 9.17) is 8.92 Å². The first kappa shape index (κ1) is 22.4. The van der Waals surface area contributed by atoms with Crippen LogP contribution >= 0.6 is 0 Å². The number of hydrazone groups is 1. The number of nitro groups is 1. The molecule has 0 heterocycles. The van der Waals surface area contributed by atoms with Gasteiger partial charge in [0, 0.05) is 17.7 Å². The number of hydrogen-bond acceptors (Lipinski definition) is 8. The lowest BCUT2D eigenvalue weighted by Gasteiger charge is -2.07. The Labute approximate surface area is 183 Å². The number of non-ortho nitro benzene ring substituents is 1. The molecule has 0 atom stereocenters.